The van der Waals surface area contributed by atoms with Crippen LogP contribution in [0, 0.1) is 13.8 Å². The zero-order chi connectivity index (χ0) is 14.1. The highest BCUT2D eigenvalue weighted by Gasteiger charge is 2.27. The number of hydrogen-bond donors (Lipinski definition) is 0. The van der Waals surface area contributed by atoms with Crippen molar-refractivity contribution in [2.45, 2.75) is 27.2 Å². The van der Waals surface area contributed by atoms with E-state index in [4.69, 9.17) is 0 Å². The Labute approximate surface area is 120 Å². The number of benzene rings is 1. The molecule has 0 fully saturated rings. The highest BCUT2D eigenvalue weighted by atomic mass is 15.4. The third kappa shape index (κ3) is 2.13. The van der Waals surface area contributed by atoms with Crippen molar-refractivity contribution in [3.05, 3.63) is 47.7 Å². The number of aryl methyl sites for hydroxylation is 2. The van der Waals surface area contributed by atoms with Crippen LogP contribution in [0.2, 0.25) is 0 Å². The van der Waals surface area contributed by atoms with Gasteiger partial charge in [0.2, 0.25) is 0 Å². The van der Waals surface area contributed by atoms with Crippen molar-refractivity contribution in [2.24, 2.45) is 0 Å². The van der Waals surface area contributed by atoms with Crippen LogP contribution in [0.5, 0.6) is 0 Å². The molecule has 104 valence electrons. The number of fused-ring (bicyclic) bond motifs is 1. The van der Waals surface area contributed by atoms with Gasteiger partial charge >= 0.3 is 0 Å². The van der Waals surface area contributed by atoms with Gasteiger partial charge in [-0.1, -0.05) is 13.0 Å². The molecule has 0 atom stereocenters. The molecule has 0 aliphatic carbocycles. The van der Waals surface area contributed by atoms with E-state index in [1.807, 2.05) is 18.3 Å². The Morgan fingerprint density at radius 3 is 2.50 bits per heavy atom. The number of anilines is 3. The van der Waals surface area contributed by atoms with Crippen molar-refractivity contribution in [3.8, 4) is 0 Å². The maximum Gasteiger partial charge on any atom is 0.134 e. The summed E-state index contributed by atoms with van der Waals surface area (Å²) in [5.74, 6) is 1.02. The summed E-state index contributed by atoms with van der Waals surface area (Å²) in [5, 5.41) is 0. The summed E-state index contributed by atoms with van der Waals surface area (Å²) in [5.41, 5.74) is 5.30. The first kappa shape index (κ1) is 13.0. The first-order valence-corrected chi connectivity index (χ1v) is 7.25. The molecule has 1 aliphatic rings. The molecular formula is C17H21N3. The second-order valence-corrected chi connectivity index (χ2v) is 5.45. The summed E-state index contributed by atoms with van der Waals surface area (Å²) in [7, 11) is 0. The Morgan fingerprint density at radius 2 is 1.85 bits per heavy atom. The lowest BCUT2D eigenvalue weighted by molar-refractivity contribution is 0.791. The van der Waals surface area contributed by atoms with E-state index in [-0.39, 0.29) is 0 Å². The molecule has 0 spiro atoms. The van der Waals surface area contributed by atoms with Gasteiger partial charge in [-0.3, -0.25) is 0 Å². The van der Waals surface area contributed by atoms with Crippen LogP contribution in [0.4, 0.5) is 17.2 Å². The van der Waals surface area contributed by atoms with E-state index in [0.29, 0.717) is 0 Å². The normalized spacial score (nSPS) is 13.8. The smallest absolute Gasteiger partial charge is 0.134 e. The number of hydrogen-bond acceptors (Lipinski definition) is 3. The van der Waals surface area contributed by atoms with E-state index >= 15 is 0 Å². The van der Waals surface area contributed by atoms with Gasteiger partial charge in [-0.15, -0.1) is 0 Å². The number of aromatic nitrogens is 1. The minimum Gasteiger partial charge on any atom is -0.352 e. The van der Waals surface area contributed by atoms with Crippen molar-refractivity contribution in [2.75, 3.05) is 23.0 Å². The van der Waals surface area contributed by atoms with Gasteiger partial charge in [0, 0.05) is 12.7 Å². The lowest BCUT2D eigenvalue weighted by Gasteiger charge is -2.20. The standard InChI is InChI=1S/C17H21N3/c1-4-9-19-12-20(17-7-5-6-8-18-17)16-11-14(3)13(2)10-15(16)19/h5-8,10-11H,4,9,12H2,1-3H3. The van der Waals surface area contributed by atoms with Crippen LogP contribution in [0.25, 0.3) is 0 Å². The van der Waals surface area contributed by atoms with Gasteiger partial charge in [-0.25, -0.2) is 4.98 Å². The summed E-state index contributed by atoms with van der Waals surface area (Å²) in [6.07, 6.45) is 3.01. The molecule has 0 N–H and O–H groups in total. The molecule has 3 heteroatoms. The maximum absolute atomic E-state index is 4.51. The Balaban J connectivity index is 2.07. The van der Waals surface area contributed by atoms with Crippen molar-refractivity contribution in [1.29, 1.82) is 0 Å². The van der Waals surface area contributed by atoms with Crippen molar-refractivity contribution in [1.82, 2.24) is 4.98 Å². The molecule has 0 saturated carbocycles. The van der Waals surface area contributed by atoms with Crippen molar-refractivity contribution >= 4 is 17.2 Å². The highest BCUT2D eigenvalue weighted by Crippen LogP contribution is 2.41. The summed E-state index contributed by atoms with van der Waals surface area (Å²) >= 11 is 0. The van der Waals surface area contributed by atoms with E-state index in [0.717, 1.165) is 25.5 Å². The third-order valence-corrected chi connectivity index (χ3v) is 3.95. The molecule has 0 amide bonds. The van der Waals surface area contributed by atoms with Gasteiger partial charge in [0.05, 0.1) is 18.0 Å². The number of pyridine rings is 1. The van der Waals surface area contributed by atoms with E-state index in [1.54, 1.807) is 0 Å². The first-order chi connectivity index (χ1) is 9.70. The fourth-order valence-electron chi connectivity index (χ4n) is 2.75. The summed E-state index contributed by atoms with van der Waals surface area (Å²) < 4.78 is 0. The van der Waals surface area contributed by atoms with Gasteiger partial charge in [0.15, 0.2) is 0 Å². The second-order valence-electron chi connectivity index (χ2n) is 5.45. The van der Waals surface area contributed by atoms with Crippen LogP contribution in [0.3, 0.4) is 0 Å². The maximum atomic E-state index is 4.51. The molecule has 20 heavy (non-hydrogen) atoms. The first-order valence-electron chi connectivity index (χ1n) is 7.25. The van der Waals surface area contributed by atoms with Gasteiger partial charge in [0.1, 0.15) is 5.82 Å². The van der Waals surface area contributed by atoms with E-state index < -0.39 is 0 Å². The lowest BCUT2D eigenvalue weighted by Crippen LogP contribution is -2.28. The zero-order valence-electron chi connectivity index (χ0n) is 12.4. The highest BCUT2D eigenvalue weighted by molar-refractivity contribution is 5.82. The molecular weight excluding hydrogens is 246 g/mol. The summed E-state index contributed by atoms with van der Waals surface area (Å²) in [4.78, 5) is 9.25. The van der Waals surface area contributed by atoms with Crippen LogP contribution in [-0.2, 0) is 0 Å². The third-order valence-electron chi connectivity index (χ3n) is 3.95. The second kappa shape index (κ2) is 5.16. The van der Waals surface area contributed by atoms with Crippen LogP contribution in [0.15, 0.2) is 36.5 Å². The predicted octanol–water partition coefficient (Wildman–Crippen LogP) is 4.02. The minimum atomic E-state index is 0.892. The van der Waals surface area contributed by atoms with Gasteiger partial charge < -0.3 is 9.80 Å². The van der Waals surface area contributed by atoms with E-state index in [1.165, 1.54) is 22.5 Å². The quantitative estimate of drug-likeness (QED) is 0.837. The van der Waals surface area contributed by atoms with Crippen LogP contribution in [-0.4, -0.2) is 18.2 Å². The Kier molecular flexibility index (Phi) is 3.35. The Morgan fingerprint density at radius 1 is 1.10 bits per heavy atom. The molecule has 1 aromatic heterocycles. The summed E-state index contributed by atoms with van der Waals surface area (Å²) in [6.45, 7) is 8.56. The van der Waals surface area contributed by atoms with Crippen LogP contribution < -0.4 is 9.80 Å². The molecule has 2 aromatic rings. The molecule has 0 radical (unpaired) electrons. The van der Waals surface area contributed by atoms with Crippen LogP contribution in [0.1, 0.15) is 24.5 Å². The van der Waals surface area contributed by atoms with E-state index in [9.17, 15) is 0 Å². The molecule has 3 rings (SSSR count). The monoisotopic (exact) mass is 267 g/mol. The van der Waals surface area contributed by atoms with Gasteiger partial charge in [-0.05, 0) is 55.7 Å². The molecule has 2 heterocycles. The fourth-order valence-corrected chi connectivity index (χ4v) is 2.75. The number of rotatable bonds is 3. The van der Waals surface area contributed by atoms with Crippen molar-refractivity contribution in [3.63, 3.8) is 0 Å². The molecule has 0 unspecified atom stereocenters. The predicted molar refractivity (Wildman–Crippen MR) is 84.8 cm³/mol. The molecule has 1 aromatic carbocycles. The molecule has 0 saturated heterocycles. The largest absolute Gasteiger partial charge is 0.352 e. The van der Waals surface area contributed by atoms with Gasteiger partial charge in [0.25, 0.3) is 0 Å². The zero-order valence-corrected chi connectivity index (χ0v) is 12.4. The average molecular weight is 267 g/mol. The molecule has 1 aliphatic heterocycles. The Hall–Kier alpha value is -2.03. The minimum absolute atomic E-state index is 0.892. The lowest BCUT2D eigenvalue weighted by atomic mass is 10.1. The molecule has 3 nitrogen and oxygen atoms in total. The number of nitrogens with zero attached hydrogens (tertiary/aromatic N) is 3. The molecule has 0 bridgehead atoms. The topological polar surface area (TPSA) is 19.4 Å². The Bertz CT molecular complexity index is 607. The average Bonchev–Trinajstić information content (AvgIpc) is 2.79. The van der Waals surface area contributed by atoms with E-state index in [2.05, 4.69) is 53.8 Å². The SMILES string of the molecule is CCCN1CN(c2ccccn2)c2cc(C)c(C)cc21. The summed E-state index contributed by atoms with van der Waals surface area (Å²) in [6, 6.07) is 10.7. The van der Waals surface area contributed by atoms with Gasteiger partial charge in [-0.2, -0.15) is 0 Å². The fraction of sp³-hybridized carbons (Fsp3) is 0.353. The van der Waals surface area contributed by atoms with Crippen molar-refractivity contribution < 1.29 is 0 Å². The van der Waals surface area contributed by atoms with Crippen LogP contribution >= 0.6 is 0 Å².